The number of nitrogens with zero attached hydrogens (tertiary/aromatic N) is 2. The normalized spacial score (nSPS) is 18.2. The van der Waals surface area contributed by atoms with Crippen LogP contribution in [0.2, 0.25) is 0 Å². The molecule has 1 aliphatic heterocycles. The van der Waals surface area contributed by atoms with Crippen LogP contribution in [0.5, 0.6) is 5.75 Å². The molecule has 4 heteroatoms. The predicted octanol–water partition coefficient (Wildman–Crippen LogP) is 2.89. The summed E-state index contributed by atoms with van der Waals surface area (Å²) in [7, 11) is 1.69. The quantitative estimate of drug-likeness (QED) is 0.930. The molecule has 0 spiro atoms. The van der Waals surface area contributed by atoms with Crippen molar-refractivity contribution in [2.75, 3.05) is 13.7 Å². The van der Waals surface area contributed by atoms with Crippen LogP contribution in [0.3, 0.4) is 0 Å². The lowest BCUT2D eigenvalue weighted by atomic mass is 10.1. The Hall–Kier alpha value is -1.94. The highest BCUT2D eigenvalue weighted by Crippen LogP contribution is 2.30. The van der Waals surface area contributed by atoms with Crippen LogP contribution < -0.4 is 10.1 Å². The molecule has 0 radical (unpaired) electrons. The van der Waals surface area contributed by atoms with E-state index in [2.05, 4.69) is 10.3 Å². The average molecular weight is 269 g/mol. The number of ether oxygens (including phenoxy) is 1. The Morgan fingerprint density at radius 1 is 1.25 bits per heavy atom. The summed E-state index contributed by atoms with van der Waals surface area (Å²) >= 11 is 0. The minimum absolute atomic E-state index is 0.281. The van der Waals surface area contributed by atoms with Gasteiger partial charge in [-0.25, -0.2) is 9.97 Å². The van der Waals surface area contributed by atoms with E-state index in [9.17, 15) is 0 Å². The first kappa shape index (κ1) is 13.1. The first-order valence-corrected chi connectivity index (χ1v) is 7.00. The second-order valence-corrected chi connectivity index (χ2v) is 5.10. The molecular formula is C16H19N3O. The number of hydrogen-bond donors (Lipinski definition) is 1. The highest BCUT2D eigenvalue weighted by Gasteiger charge is 2.20. The van der Waals surface area contributed by atoms with Crippen molar-refractivity contribution in [3.05, 3.63) is 41.9 Å². The fourth-order valence-corrected chi connectivity index (χ4v) is 2.65. The van der Waals surface area contributed by atoms with Crippen molar-refractivity contribution < 1.29 is 4.74 Å². The minimum Gasteiger partial charge on any atom is -0.496 e. The Bertz CT molecular complexity index is 606. The summed E-state index contributed by atoms with van der Waals surface area (Å²) in [5.74, 6) is 1.74. The van der Waals surface area contributed by atoms with Crippen molar-refractivity contribution in [2.45, 2.75) is 25.8 Å². The van der Waals surface area contributed by atoms with Gasteiger partial charge in [-0.2, -0.15) is 0 Å². The van der Waals surface area contributed by atoms with Crippen LogP contribution in [0.15, 0.2) is 30.3 Å². The molecule has 1 aromatic heterocycles. The summed E-state index contributed by atoms with van der Waals surface area (Å²) in [5.41, 5.74) is 2.93. The van der Waals surface area contributed by atoms with Crippen LogP contribution in [-0.2, 0) is 0 Å². The van der Waals surface area contributed by atoms with Crippen molar-refractivity contribution in [3.63, 3.8) is 0 Å². The third-order valence-corrected chi connectivity index (χ3v) is 3.63. The zero-order chi connectivity index (χ0) is 13.9. The third-order valence-electron chi connectivity index (χ3n) is 3.63. The number of hydrogen-bond acceptors (Lipinski definition) is 4. The zero-order valence-electron chi connectivity index (χ0n) is 11.9. The monoisotopic (exact) mass is 269 g/mol. The van der Waals surface area contributed by atoms with E-state index in [1.54, 1.807) is 7.11 Å². The summed E-state index contributed by atoms with van der Waals surface area (Å²) in [6.07, 6.45) is 2.29. The van der Waals surface area contributed by atoms with Gasteiger partial charge in [0.15, 0.2) is 0 Å². The molecule has 1 atom stereocenters. The predicted molar refractivity (Wildman–Crippen MR) is 78.7 cm³/mol. The van der Waals surface area contributed by atoms with E-state index in [0.29, 0.717) is 0 Å². The number of aromatic nitrogens is 2. The molecule has 4 nitrogen and oxygen atoms in total. The summed E-state index contributed by atoms with van der Waals surface area (Å²) in [6.45, 7) is 3.06. The summed E-state index contributed by atoms with van der Waals surface area (Å²) < 4.78 is 5.43. The average Bonchev–Trinajstić information content (AvgIpc) is 3.01. The lowest BCUT2D eigenvalue weighted by Crippen LogP contribution is -2.16. The molecule has 0 bridgehead atoms. The van der Waals surface area contributed by atoms with Gasteiger partial charge in [-0.3, -0.25) is 0 Å². The molecule has 1 unspecified atom stereocenters. The lowest BCUT2D eigenvalue weighted by Gasteiger charge is -2.13. The van der Waals surface area contributed by atoms with Gasteiger partial charge < -0.3 is 10.1 Å². The number of para-hydroxylation sites is 1. The molecule has 0 aliphatic carbocycles. The van der Waals surface area contributed by atoms with Gasteiger partial charge in [0.1, 0.15) is 11.6 Å². The second kappa shape index (κ2) is 5.59. The Balaban J connectivity index is 2.04. The van der Waals surface area contributed by atoms with Gasteiger partial charge in [-0.1, -0.05) is 12.1 Å². The Kier molecular flexibility index (Phi) is 3.65. The first-order valence-electron chi connectivity index (χ1n) is 7.00. The molecule has 1 saturated heterocycles. The van der Waals surface area contributed by atoms with Crippen LogP contribution in [0.25, 0.3) is 11.3 Å². The summed E-state index contributed by atoms with van der Waals surface area (Å²) in [6, 6.07) is 10.3. The maximum Gasteiger partial charge on any atom is 0.146 e. The van der Waals surface area contributed by atoms with E-state index in [-0.39, 0.29) is 6.04 Å². The zero-order valence-corrected chi connectivity index (χ0v) is 11.9. The molecule has 3 rings (SSSR count). The molecule has 20 heavy (non-hydrogen) atoms. The maximum atomic E-state index is 5.43. The Morgan fingerprint density at radius 3 is 2.85 bits per heavy atom. The van der Waals surface area contributed by atoms with Gasteiger partial charge >= 0.3 is 0 Å². The van der Waals surface area contributed by atoms with Crippen LogP contribution in [0.1, 0.15) is 30.4 Å². The van der Waals surface area contributed by atoms with Gasteiger partial charge in [-0.05, 0) is 44.5 Å². The maximum absolute atomic E-state index is 5.43. The van der Waals surface area contributed by atoms with Gasteiger partial charge in [0.2, 0.25) is 0 Å². The highest BCUT2D eigenvalue weighted by molar-refractivity contribution is 5.67. The van der Waals surface area contributed by atoms with Crippen molar-refractivity contribution in [2.24, 2.45) is 0 Å². The van der Waals surface area contributed by atoms with Gasteiger partial charge in [0.05, 0.1) is 18.8 Å². The smallest absolute Gasteiger partial charge is 0.146 e. The first-order chi connectivity index (χ1) is 9.78. The molecule has 0 amide bonds. The van der Waals surface area contributed by atoms with E-state index < -0.39 is 0 Å². The Labute approximate surface area is 119 Å². The number of rotatable bonds is 3. The molecule has 1 aliphatic rings. The topological polar surface area (TPSA) is 47.0 Å². The molecular weight excluding hydrogens is 250 g/mol. The molecule has 1 aromatic carbocycles. The fourth-order valence-electron chi connectivity index (χ4n) is 2.65. The molecule has 2 aromatic rings. The molecule has 1 fully saturated rings. The summed E-state index contributed by atoms with van der Waals surface area (Å²) in [5, 5.41) is 3.45. The number of nitrogens with one attached hydrogen (secondary N) is 1. The number of benzene rings is 1. The SMILES string of the molecule is COc1ccccc1-c1cc(C)nc(C2CCCN2)n1. The van der Waals surface area contributed by atoms with E-state index in [0.717, 1.165) is 41.5 Å². The van der Waals surface area contributed by atoms with Crippen molar-refractivity contribution in [1.29, 1.82) is 0 Å². The molecule has 2 heterocycles. The van der Waals surface area contributed by atoms with Crippen molar-refractivity contribution >= 4 is 0 Å². The molecule has 104 valence electrons. The van der Waals surface area contributed by atoms with Crippen molar-refractivity contribution in [1.82, 2.24) is 15.3 Å². The van der Waals surface area contributed by atoms with Gasteiger partial charge in [0.25, 0.3) is 0 Å². The fraction of sp³-hybridized carbons (Fsp3) is 0.375. The third kappa shape index (κ3) is 2.51. The number of methoxy groups -OCH3 is 1. The van der Waals surface area contributed by atoms with Gasteiger partial charge in [-0.15, -0.1) is 0 Å². The van der Waals surface area contributed by atoms with E-state index in [1.807, 2.05) is 37.3 Å². The largest absolute Gasteiger partial charge is 0.496 e. The second-order valence-electron chi connectivity index (χ2n) is 5.10. The Morgan fingerprint density at radius 2 is 2.10 bits per heavy atom. The van der Waals surface area contributed by atoms with Crippen molar-refractivity contribution in [3.8, 4) is 17.0 Å². The van der Waals surface area contributed by atoms with Crippen LogP contribution in [0.4, 0.5) is 0 Å². The standard InChI is InChI=1S/C16H19N3O/c1-11-10-14(12-6-3-4-8-15(12)20-2)19-16(18-11)13-7-5-9-17-13/h3-4,6,8,10,13,17H,5,7,9H2,1-2H3. The van der Waals surface area contributed by atoms with E-state index in [4.69, 9.17) is 9.72 Å². The van der Waals surface area contributed by atoms with Crippen LogP contribution >= 0.6 is 0 Å². The summed E-state index contributed by atoms with van der Waals surface area (Å²) in [4.78, 5) is 9.32. The number of aryl methyl sites for hydroxylation is 1. The minimum atomic E-state index is 0.281. The van der Waals surface area contributed by atoms with E-state index >= 15 is 0 Å². The van der Waals surface area contributed by atoms with Crippen LogP contribution in [0, 0.1) is 6.92 Å². The van der Waals surface area contributed by atoms with Gasteiger partial charge in [0, 0.05) is 11.3 Å². The lowest BCUT2D eigenvalue weighted by molar-refractivity contribution is 0.416. The molecule has 0 saturated carbocycles. The highest BCUT2D eigenvalue weighted by atomic mass is 16.5. The molecule has 1 N–H and O–H groups in total. The van der Waals surface area contributed by atoms with E-state index in [1.165, 1.54) is 6.42 Å². The van der Waals surface area contributed by atoms with Crippen LogP contribution in [-0.4, -0.2) is 23.6 Å².